The molecule has 6 heteroatoms. The molecule has 0 spiro atoms. The number of halogens is 1. The van der Waals surface area contributed by atoms with Gasteiger partial charge in [-0.05, 0) is 18.2 Å². The maximum atomic E-state index is 10.4. The van der Waals surface area contributed by atoms with Gasteiger partial charge in [0.1, 0.15) is 10.1 Å². The molecule has 0 N–H and O–H groups in total. The number of benzene rings is 1. The summed E-state index contributed by atoms with van der Waals surface area (Å²) in [5, 5.41) is 0. The van der Waals surface area contributed by atoms with E-state index in [9.17, 15) is 13.0 Å². The molecule has 0 fully saturated rings. The molecular formula is C6H4BrO3RbS. The average Bonchev–Trinajstić information content (AvgIpc) is 1.86. The van der Waals surface area contributed by atoms with E-state index in [1.165, 1.54) is 18.2 Å². The number of hydrogen-bond donors (Lipinski definition) is 0. The topological polar surface area (TPSA) is 57.2 Å². The van der Waals surface area contributed by atoms with Crippen molar-refractivity contribution in [1.29, 1.82) is 0 Å². The third-order valence-electron chi connectivity index (χ3n) is 1.08. The molecule has 0 saturated carbocycles. The van der Waals surface area contributed by atoms with Gasteiger partial charge in [-0.15, -0.1) is 0 Å². The molecule has 0 heterocycles. The van der Waals surface area contributed by atoms with Gasteiger partial charge >= 0.3 is 58.2 Å². The van der Waals surface area contributed by atoms with Crippen LogP contribution in [0, 0.1) is 0 Å². The fourth-order valence-electron chi connectivity index (χ4n) is 0.623. The molecule has 0 aliphatic heterocycles. The van der Waals surface area contributed by atoms with Crippen molar-refractivity contribution in [1.82, 2.24) is 0 Å². The van der Waals surface area contributed by atoms with Crippen LogP contribution < -0.4 is 58.2 Å². The minimum absolute atomic E-state index is 0. The monoisotopic (exact) mass is 320 g/mol. The standard InChI is InChI=1S/C6H5BrO3S.Rb/c7-5-2-1-3-6(4-5)11(8,9)10;/h1-4H,(H,8,9,10);/q;+1/p-1. The van der Waals surface area contributed by atoms with Gasteiger partial charge in [-0.3, -0.25) is 0 Å². The SMILES string of the molecule is O=S(=O)([O-])c1cccc(Br)c1.[Rb+]. The van der Waals surface area contributed by atoms with Gasteiger partial charge in [-0.25, -0.2) is 8.42 Å². The third-order valence-corrected chi connectivity index (χ3v) is 2.41. The average molecular weight is 322 g/mol. The molecule has 0 saturated heterocycles. The summed E-state index contributed by atoms with van der Waals surface area (Å²) in [7, 11) is -4.31. The summed E-state index contributed by atoms with van der Waals surface area (Å²) in [6.45, 7) is 0. The second-order valence-electron chi connectivity index (χ2n) is 1.91. The minimum Gasteiger partial charge on any atom is -0.744 e. The van der Waals surface area contributed by atoms with Gasteiger partial charge in [0.05, 0.1) is 4.90 Å². The first-order chi connectivity index (χ1) is 5.00. The molecule has 3 nitrogen and oxygen atoms in total. The van der Waals surface area contributed by atoms with Crippen LogP contribution in [0.2, 0.25) is 0 Å². The molecule has 0 aliphatic rings. The maximum absolute atomic E-state index is 10.4. The van der Waals surface area contributed by atoms with Crippen LogP contribution in [0.4, 0.5) is 0 Å². The molecule has 0 aromatic heterocycles. The Morgan fingerprint density at radius 2 is 1.92 bits per heavy atom. The normalized spacial score (nSPS) is 10.5. The third kappa shape index (κ3) is 4.08. The van der Waals surface area contributed by atoms with E-state index in [-0.39, 0.29) is 63.1 Å². The van der Waals surface area contributed by atoms with Crippen molar-refractivity contribution in [3.8, 4) is 0 Å². The number of hydrogen-bond acceptors (Lipinski definition) is 3. The predicted molar refractivity (Wildman–Crippen MR) is 42.1 cm³/mol. The summed E-state index contributed by atoms with van der Waals surface area (Å²) in [4.78, 5) is -0.216. The van der Waals surface area contributed by atoms with E-state index in [1.54, 1.807) is 6.07 Å². The van der Waals surface area contributed by atoms with E-state index >= 15 is 0 Å². The van der Waals surface area contributed by atoms with Gasteiger partial charge in [0.25, 0.3) is 0 Å². The van der Waals surface area contributed by atoms with E-state index in [0.29, 0.717) is 4.47 Å². The molecule has 1 rings (SSSR count). The van der Waals surface area contributed by atoms with E-state index < -0.39 is 10.1 Å². The van der Waals surface area contributed by atoms with E-state index in [0.717, 1.165) is 0 Å². The van der Waals surface area contributed by atoms with Crippen molar-refractivity contribution in [2.75, 3.05) is 0 Å². The van der Waals surface area contributed by atoms with Gasteiger partial charge in [0.2, 0.25) is 0 Å². The summed E-state index contributed by atoms with van der Waals surface area (Å²) >= 11 is 3.05. The van der Waals surface area contributed by atoms with Crippen LogP contribution in [-0.4, -0.2) is 13.0 Å². The summed E-state index contributed by atoms with van der Waals surface area (Å²) in [6.07, 6.45) is 0. The Balaban J connectivity index is 0.00000121. The van der Waals surface area contributed by atoms with E-state index in [2.05, 4.69) is 15.9 Å². The second-order valence-corrected chi connectivity index (χ2v) is 4.21. The van der Waals surface area contributed by atoms with Gasteiger partial charge in [-0.1, -0.05) is 22.0 Å². The molecule has 0 aliphatic carbocycles. The molecule has 0 radical (unpaired) electrons. The van der Waals surface area contributed by atoms with Crippen molar-refractivity contribution in [3.05, 3.63) is 28.7 Å². The fourth-order valence-corrected chi connectivity index (χ4v) is 1.69. The molecule has 0 atom stereocenters. The Morgan fingerprint density at radius 3 is 2.25 bits per heavy atom. The maximum Gasteiger partial charge on any atom is 1.00 e. The molecular weight excluding hydrogens is 318 g/mol. The van der Waals surface area contributed by atoms with Crippen LogP contribution in [0.3, 0.4) is 0 Å². The van der Waals surface area contributed by atoms with Crippen molar-refractivity contribution < 1.29 is 71.2 Å². The van der Waals surface area contributed by atoms with Crippen LogP contribution >= 0.6 is 15.9 Å². The van der Waals surface area contributed by atoms with Crippen molar-refractivity contribution >= 4 is 26.0 Å². The minimum atomic E-state index is -4.31. The first-order valence-electron chi connectivity index (χ1n) is 2.71. The molecule has 60 valence electrons. The molecule has 12 heavy (non-hydrogen) atoms. The van der Waals surface area contributed by atoms with Crippen LogP contribution in [0.1, 0.15) is 0 Å². The smallest absolute Gasteiger partial charge is 0.744 e. The predicted octanol–water partition coefficient (Wildman–Crippen LogP) is -1.64. The Hall–Kier alpha value is 1.42. The Morgan fingerprint density at radius 1 is 1.33 bits per heavy atom. The van der Waals surface area contributed by atoms with E-state index in [1.807, 2.05) is 0 Å². The molecule has 0 bridgehead atoms. The summed E-state index contributed by atoms with van der Waals surface area (Å²) in [6, 6.07) is 5.67. The van der Waals surface area contributed by atoms with Crippen molar-refractivity contribution in [3.63, 3.8) is 0 Å². The number of rotatable bonds is 1. The Bertz CT molecular complexity index is 363. The van der Waals surface area contributed by atoms with Crippen LogP contribution in [0.5, 0.6) is 0 Å². The summed E-state index contributed by atoms with van der Waals surface area (Å²) in [5.41, 5.74) is 0. The summed E-state index contributed by atoms with van der Waals surface area (Å²) < 4.78 is 31.8. The fraction of sp³-hybridized carbons (Fsp3) is 0. The summed E-state index contributed by atoms with van der Waals surface area (Å²) in [5.74, 6) is 0. The quantitative estimate of drug-likeness (QED) is 0.583. The van der Waals surface area contributed by atoms with Gasteiger partial charge in [0.15, 0.2) is 0 Å². The molecule has 0 unspecified atom stereocenters. The first-order valence-corrected chi connectivity index (χ1v) is 4.92. The first kappa shape index (κ1) is 13.4. The largest absolute Gasteiger partial charge is 1.00 e. The molecule has 1 aromatic rings. The zero-order valence-electron chi connectivity index (χ0n) is 6.32. The zero-order valence-corrected chi connectivity index (χ0v) is 13.6. The van der Waals surface area contributed by atoms with Gasteiger partial charge in [-0.2, -0.15) is 0 Å². The zero-order chi connectivity index (χ0) is 8.48. The molecule has 0 amide bonds. The van der Waals surface area contributed by atoms with Gasteiger partial charge < -0.3 is 4.55 Å². The van der Waals surface area contributed by atoms with Gasteiger partial charge in [0, 0.05) is 4.47 Å². The van der Waals surface area contributed by atoms with Crippen molar-refractivity contribution in [2.24, 2.45) is 0 Å². The van der Waals surface area contributed by atoms with Crippen LogP contribution in [-0.2, 0) is 10.1 Å². The molecule has 1 aromatic carbocycles. The van der Waals surface area contributed by atoms with Crippen molar-refractivity contribution in [2.45, 2.75) is 4.90 Å². The van der Waals surface area contributed by atoms with Crippen LogP contribution in [0.25, 0.3) is 0 Å². The Kier molecular flexibility index (Phi) is 5.96. The second kappa shape index (κ2) is 5.33. The Labute approximate surface area is 128 Å². The van der Waals surface area contributed by atoms with E-state index in [4.69, 9.17) is 0 Å². The van der Waals surface area contributed by atoms with Crippen LogP contribution in [0.15, 0.2) is 33.6 Å².